The number of thioether (sulfide) groups is 2. The number of hydrogen-bond acceptors (Lipinski definition) is 8. The van der Waals surface area contributed by atoms with E-state index in [1.54, 1.807) is 30.0 Å². The number of rotatable bonds is 19. The molecule has 0 aliphatic heterocycles. The lowest BCUT2D eigenvalue weighted by molar-refractivity contribution is -0.140. The summed E-state index contributed by atoms with van der Waals surface area (Å²) in [4.78, 5) is 11.8. The van der Waals surface area contributed by atoms with Gasteiger partial charge in [-0.05, 0) is 80.7 Å². The van der Waals surface area contributed by atoms with E-state index in [2.05, 4.69) is 13.2 Å². The number of allylic oxidation sites excluding steroid dienone is 2. The molecular formula is C26H38O6S2. The van der Waals surface area contributed by atoms with E-state index in [1.165, 1.54) is 17.8 Å². The number of esters is 1. The molecule has 0 aliphatic carbocycles. The fourth-order valence-electron chi connectivity index (χ4n) is 2.94. The second-order valence-corrected chi connectivity index (χ2v) is 10.1. The normalized spacial score (nSPS) is 11.3. The van der Waals surface area contributed by atoms with E-state index in [-0.39, 0.29) is 23.2 Å². The molecule has 0 saturated heterocycles. The number of ether oxygens (including phenoxy) is 2. The summed E-state index contributed by atoms with van der Waals surface area (Å²) in [6.07, 6.45) is 6.86. The molecule has 0 heterocycles. The van der Waals surface area contributed by atoms with E-state index in [0.29, 0.717) is 19.0 Å². The van der Waals surface area contributed by atoms with Crippen LogP contribution in [-0.2, 0) is 20.7 Å². The second-order valence-electron chi connectivity index (χ2n) is 7.93. The molecule has 0 radical (unpaired) electrons. The topological polar surface area (TPSA) is 96.2 Å². The average molecular weight is 511 g/mol. The first-order chi connectivity index (χ1) is 16.3. The number of aliphatic hydroxyl groups is 1. The van der Waals surface area contributed by atoms with Gasteiger partial charge in [0.2, 0.25) is 0 Å². The third-order valence-electron chi connectivity index (χ3n) is 4.66. The Bertz CT molecular complexity index is 806. The van der Waals surface area contributed by atoms with Gasteiger partial charge in [-0.3, -0.25) is 4.79 Å². The van der Waals surface area contributed by atoms with Crippen LogP contribution in [0.2, 0.25) is 0 Å². The molecule has 0 unspecified atom stereocenters. The number of carbonyl (C=O) groups is 1. The largest absolute Gasteiger partial charge is 0.509 e. The van der Waals surface area contributed by atoms with Gasteiger partial charge in [0.15, 0.2) is 11.5 Å². The van der Waals surface area contributed by atoms with E-state index >= 15 is 0 Å². The molecule has 1 rings (SSSR count). The van der Waals surface area contributed by atoms with Gasteiger partial charge in [0.25, 0.3) is 0 Å². The fourth-order valence-corrected chi connectivity index (χ4v) is 4.49. The lowest BCUT2D eigenvalue weighted by Crippen LogP contribution is -2.09. The molecule has 34 heavy (non-hydrogen) atoms. The lowest BCUT2D eigenvalue weighted by atomic mass is 10.1. The maximum atomic E-state index is 11.8. The third-order valence-corrected chi connectivity index (χ3v) is 6.78. The van der Waals surface area contributed by atoms with Crippen molar-refractivity contribution in [2.24, 2.45) is 0 Å². The highest BCUT2D eigenvalue weighted by Crippen LogP contribution is 2.25. The van der Waals surface area contributed by atoms with E-state index in [9.17, 15) is 15.0 Å². The molecule has 0 fully saturated rings. The van der Waals surface area contributed by atoms with E-state index in [0.717, 1.165) is 72.7 Å². The standard InChI is InChI=1S/C26H38O6S2/c1-20(16-21(2)27)8-6-14-33-18-22(3)31-12-4-5-13-32-26(30)19-34-15-7-9-23-10-11-24(28)25(29)17-23/h10-11,16-17,27-29H,2-9,12-15,18-19H2,1H3/b20-16+. The number of aromatic hydroxyl groups is 2. The maximum absolute atomic E-state index is 11.8. The summed E-state index contributed by atoms with van der Waals surface area (Å²) in [5, 5.41) is 27.9. The third kappa shape index (κ3) is 15.6. The Hall–Kier alpha value is -2.19. The minimum atomic E-state index is -0.206. The minimum absolute atomic E-state index is 0.0990. The predicted octanol–water partition coefficient (Wildman–Crippen LogP) is 6.15. The van der Waals surface area contributed by atoms with Crippen molar-refractivity contribution < 1.29 is 29.6 Å². The molecule has 0 bridgehead atoms. The van der Waals surface area contributed by atoms with Crippen LogP contribution in [0.4, 0.5) is 0 Å². The van der Waals surface area contributed by atoms with Gasteiger partial charge in [-0.1, -0.05) is 24.8 Å². The lowest BCUT2D eigenvalue weighted by Gasteiger charge is -2.09. The van der Waals surface area contributed by atoms with Crippen LogP contribution in [0.3, 0.4) is 0 Å². The molecule has 0 atom stereocenters. The zero-order chi connectivity index (χ0) is 25.2. The Balaban J connectivity index is 1.92. The molecule has 0 saturated carbocycles. The summed E-state index contributed by atoms with van der Waals surface area (Å²) in [6, 6.07) is 4.83. The first-order valence-electron chi connectivity index (χ1n) is 11.5. The Morgan fingerprint density at radius 2 is 1.65 bits per heavy atom. The summed E-state index contributed by atoms with van der Waals surface area (Å²) in [5.41, 5.74) is 2.07. The number of benzene rings is 1. The molecular weight excluding hydrogens is 472 g/mol. The van der Waals surface area contributed by atoms with Crippen molar-refractivity contribution in [3.8, 4) is 11.5 Å². The monoisotopic (exact) mass is 510 g/mol. The average Bonchev–Trinajstić information content (AvgIpc) is 2.77. The van der Waals surface area contributed by atoms with Crippen LogP contribution in [0.25, 0.3) is 0 Å². The zero-order valence-corrected chi connectivity index (χ0v) is 21.7. The quantitative estimate of drug-likeness (QED) is 0.0671. The zero-order valence-electron chi connectivity index (χ0n) is 20.1. The van der Waals surface area contributed by atoms with Crippen LogP contribution < -0.4 is 0 Å². The van der Waals surface area contributed by atoms with Gasteiger partial charge >= 0.3 is 5.97 Å². The molecule has 1 aromatic carbocycles. The van der Waals surface area contributed by atoms with Crippen LogP contribution in [0.1, 0.15) is 44.6 Å². The first-order valence-corrected chi connectivity index (χ1v) is 13.8. The van der Waals surface area contributed by atoms with Crippen LogP contribution in [0, 0.1) is 0 Å². The summed E-state index contributed by atoms with van der Waals surface area (Å²) < 4.78 is 10.9. The van der Waals surface area contributed by atoms with Crippen molar-refractivity contribution in [3.05, 3.63) is 60.1 Å². The van der Waals surface area contributed by atoms with E-state index < -0.39 is 0 Å². The van der Waals surface area contributed by atoms with E-state index in [1.807, 2.05) is 6.92 Å². The number of carbonyl (C=O) groups excluding carboxylic acids is 1. The Kier molecular flexibility index (Phi) is 16.0. The van der Waals surface area contributed by atoms with Gasteiger partial charge in [-0.25, -0.2) is 0 Å². The predicted molar refractivity (Wildman–Crippen MR) is 143 cm³/mol. The van der Waals surface area contributed by atoms with Crippen molar-refractivity contribution in [2.75, 3.05) is 36.2 Å². The summed E-state index contributed by atoms with van der Waals surface area (Å²) in [5.74, 6) is 3.34. The van der Waals surface area contributed by atoms with Crippen LogP contribution in [-0.4, -0.2) is 57.5 Å². The molecule has 8 heteroatoms. The van der Waals surface area contributed by atoms with Crippen molar-refractivity contribution >= 4 is 29.5 Å². The highest BCUT2D eigenvalue weighted by atomic mass is 32.2. The minimum Gasteiger partial charge on any atom is -0.509 e. The molecule has 190 valence electrons. The van der Waals surface area contributed by atoms with Gasteiger partial charge in [-0.15, -0.1) is 0 Å². The van der Waals surface area contributed by atoms with Crippen molar-refractivity contribution in [2.45, 2.75) is 45.4 Å². The SMILES string of the molecule is C=C(O)/C=C(\C)CCCSCC(=C)OCCCCOC(=O)CSCCCc1ccc(O)c(O)c1. The van der Waals surface area contributed by atoms with Gasteiger partial charge in [-0.2, -0.15) is 23.5 Å². The van der Waals surface area contributed by atoms with E-state index in [4.69, 9.17) is 14.6 Å². The number of aliphatic hydroxyl groups excluding tert-OH is 1. The second kappa shape index (κ2) is 18.2. The molecule has 1 aromatic rings. The van der Waals surface area contributed by atoms with Gasteiger partial charge in [0.1, 0.15) is 5.76 Å². The molecule has 0 amide bonds. The summed E-state index contributed by atoms with van der Waals surface area (Å²) >= 11 is 3.31. The van der Waals surface area contributed by atoms with Crippen LogP contribution >= 0.6 is 23.5 Å². The smallest absolute Gasteiger partial charge is 0.315 e. The van der Waals surface area contributed by atoms with Gasteiger partial charge in [0, 0.05) is 0 Å². The molecule has 3 N–H and O–H groups in total. The fraction of sp³-hybridized carbons (Fsp3) is 0.500. The highest BCUT2D eigenvalue weighted by Gasteiger charge is 2.05. The summed E-state index contributed by atoms with van der Waals surface area (Å²) in [6.45, 7) is 10.3. The number of hydrogen-bond donors (Lipinski definition) is 3. The number of phenolic OH excluding ortho intramolecular Hbond substituents is 2. The Morgan fingerprint density at radius 3 is 2.35 bits per heavy atom. The van der Waals surface area contributed by atoms with Gasteiger partial charge < -0.3 is 24.8 Å². The maximum Gasteiger partial charge on any atom is 0.315 e. The van der Waals surface area contributed by atoms with Crippen molar-refractivity contribution in [1.29, 1.82) is 0 Å². The number of phenols is 2. The van der Waals surface area contributed by atoms with Crippen LogP contribution in [0.5, 0.6) is 11.5 Å². The van der Waals surface area contributed by atoms with Crippen molar-refractivity contribution in [3.63, 3.8) is 0 Å². The molecule has 0 spiro atoms. The molecule has 0 aromatic heterocycles. The molecule has 0 aliphatic rings. The number of aryl methyl sites for hydroxylation is 1. The first kappa shape index (κ1) is 29.8. The Labute approximate surface area is 212 Å². The van der Waals surface area contributed by atoms with Crippen molar-refractivity contribution in [1.82, 2.24) is 0 Å². The van der Waals surface area contributed by atoms with Crippen LogP contribution in [0.15, 0.2) is 54.5 Å². The van der Waals surface area contributed by atoms with Gasteiger partial charge in [0.05, 0.1) is 30.5 Å². The number of unbranched alkanes of at least 4 members (excludes halogenated alkanes) is 1. The Morgan fingerprint density at radius 1 is 0.971 bits per heavy atom. The summed E-state index contributed by atoms with van der Waals surface area (Å²) in [7, 11) is 0. The highest BCUT2D eigenvalue weighted by molar-refractivity contribution is 8.00. The molecule has 6 nitrogen and oxygen atoms in total.